The van der Waals surface area contributed by atoms with Crippen LogP contribution < -0.4 is 22.1 Å². The lowest BCUT2D eigenvalue weighted by atomic mass is 10.1. The molecule has 10 heteroatoms. The van der Waals surface area contributed by atoms with E-state index in [1.165, 1.54) is 17.7 Å². The molecule has 0 aliphatic carbocycles. The molecule has 3 heterocycles. The molecule has 1 amide bonds. The van der Waals surface area contributed by atoms with Crippen LogP contribution in [-0.2, 0) is 31.4 Å². The molecule has 3 aromatic heterocycles. The molecule has 0 spiro atoms. The van der Waals surface area contributed by atoms with Gasteiger partial charge in [0.1, 0.15) is 10.8 Å². The van der Waals surface area contributed by atoms with Crippen molar-refractivity contribution in [3.8, 4) is 11.8 Å². The van der Waals surface area contributed by atoms with E-state index < -0.39 is 17.2 Å². The molecule has 9 nitrogen and oxygen atoms in total. The monoisotopic (exact) mass is 543 g/mol. The highest BCUT2D eigenvalue weighted by atomic mass is 35.5. The number of carbonyl (C=O) groups is 1. The van der Waals surface area contributed by atoms with Crippen LogP contribution in [0, 0.1) is 18.8 Å². The fraction of sp³-hybridized carbons (Fsp3) is 0.207. The number of aromatic nitrogens is 4. The first-order valence-corrected chi connectivity index (χ1v) is 12.5. The van der Waals surface area contributed by atoms with Gasteiger partial charge in [-0.25, -0.2) is 4.79 Å². The predicted molar refractivity (Wildman–Crippen MR) is 150 cm³/mol. The third kappa shape index (κ3) is 6.80. The van der Waals surface area contributed by atoms with Crippen molar-refractivity contribution in [1.29, 1.82) is 0 Å². The highest BCUT2D eigenvalue weighted by molar-refractivity contribution is 6.32. The van der Waals surface area contributed by atoms with E-state index in [9.17, 15) is 19.2 Å². The minimum atomic E-state index is -0.713. The van der Waals surface area contributed by atoms with Crippen molar-refractivity contribution < 1.29 is 4.79 Å². The largest absolute Gasteiger partial charge is 0.332 e. The Hall–Kier alpha value is -4.68. The molecule has 0 saturated carbocycles. The van der Waals surface area contributed by atoms with Crippen LogP contribution in [0.4, 0.5) is 5.69 Å². The lowest BCUT2D eigenvalue weighted by Gasteiger charge is -2.13. The molecule has 0 saturated heterocycles. The average molecular weight is 544 g/mol. The van der Waals surface area contributed by atoms with Crippen LogP contribution in [0.25, 0.3) is 0 Å². The van der Waals surface area contributed by atoms with E-state index in [0.717, 1.165) is 25.8 Å². The molecule has 0 aliphatic heterocycles. The lowest BCUT2D eigenvalue weighted by molar-refractivity contribution is -0.116. The minimum Gasteiger partial charge on any atom is -0.319 e. The summed E-state index contributed by atoms with van der Waals surface area (Å²) in [6.45, 7) is 2.20. The third-order valence-corrected chi connectivity index (χ3v) is 6.44. The number of halogens is 1. The van der Waals surface area contributed by atoms with Gasteiger partial charge < -0.3 is 9.88 Å². The summed E-state index contributed by atoms with van der Waals surface area (Å²) in [5, 5.41) is 2.33. The molecule has 198 valence electrons. The first kappa shape index (κ1) is 27.4. The smallest absolute Gasteiger partial charge is 0.319 e. The molecule has 39 heavy (non-hydrogen) atoms. The number of hydrogen-bond donors (Lipinski definition) is 1. The van der Waals surface area contributed by atoms with E-state index in [0.29, 0.717) is 18.5 Å². The van der Waals surface area contributed by atoms with Crippen LogP contribution in [-0.4, -0.2) is 24.6 Å². The highest BCUT2D eigenvalue weighted by Crippen LogP contribution is 2.16. The van der Waals surface area contributed by atoms with Crippen LogP contribution >= 0.6 is 11.6 Å². The van der Waals surface area contributed by atoms with Gasteiger partial charge in [-0.1, -0.05) is 59.3 Å². The zero-order valence-corrected chi connectivity index (χ0v) is 22.2. The summed E-state index contributed by atoms with van der Waals surface area (Å²) >= 11 is 6.38. The minimum absolute atomic E-state index is 0.133. The molecule has 0 aliphatic rings. The molecular weight excluding hydrogens is 518 g/mol. The molecule has 0 radical (unpaired) electrons. The van der Waals surface area contributed by atoms with E-state index in [1.807, 2.05) is 37.3 Å². The predicted octanol–water partition coefficient (Wildman–Crippen LogP) is 2.74. The number of amides is 1. The fourth-order valence-electron chi connectivity index (χ4n) is 3.82. The van der Waals surface area contributed by atoms with E-state index >= 15 is 0 Å². The molecule has 1 aromatic carbocycles. The standard InChI is InChI=1S/C29H26ClN5O4/c1-20-7-9-21(10-8-20)11-12-24(36)32-26-27(30)35(29(39)33(2)28(26)38)15-4-6-22-13-16-34(25(37)17-22)19-23-5-3-14-31-18-23/h3,5,7-10,13-14,16-18H,11-12,15,19H2,1-2H3,(H,32,36). The molecule has 1 N–H and O–H groups in total. The Balaban J connectivity index is 1.49. The Morgan fingerprint density at radius 3 is 2.54 bits per heavy atom. The normalized spacial score (nSPS) is 10.5. The Morgan fingerprint density at radius 2 is 1.85 bits per heavy atom. The molecular formula is C29H26ClN5O4. The maximum Gasteiger partial charge on any atom is 0.332 e. The second-order valence-corrected chi connectivity index (χ2v) is 9.34. The lowest BCUT2D eigenvalue weighted by Crippen LogP contribution is -2.40. The highest BCUT2D eigenvalue weighted by Gasteiger charge is 2.18. The van der Waals surface area contributed by atoms with Gasteiger partial charge in [0.25, 0.3) is 11.1 Å². The Labute approximate surface area is 229 Å². The van der Waals surface area contributed by atoms with Gasteiger partial charge in [-0.3, -0.25) is 28.5 Å². The number of hydrogen-bond acceptors (Lipinski definition) is 5. The number of rotatable bonds is 7. The topological polar surface area (TPSA) is 108 Å². The van der Waals surface area contributed by atoms with Crippen molar-refractivity contribution in [2.75, 3.05) is 5.32 Å². The average Bonchev–Trinajstić information content (AvgIpc) is 2.93. The quantitative estimate of drug-likeness (QED) is 0.285. The van der Waals surface area contributed by atoms with Crippen LogP contribution in [0.15, 0.2) is 81.5 Å². The summed E-state index contributed by atoms with van der Waals surface area (Å²) in [4.78, 5) is 54.5. The van der Waals surface area contributed by atoms with E-state index in [2.05, 4.69) is 22.1 Å². The fourth-order valence-corrected chi connectivity index (χ4v) is 4.08. The molecule has 0 fully saturated rings. The third-order valence-electron chi connectivity index (χ3n) is 6.05. The molecule has 4 aromatic rings. The van der Waals surface area contributed by atoms with Gasteiger partial charge in [-0.15, -0.1) is 0 Å². The van der Waals surface area contributed by atoms with Crippen LogP contribution in [0.2, 0.25) is 5.15 Å². The van der Waals surface area contributed by atoms with E-state index in [1.54, 1.807) is 30.7 Å². The summed E-state index contributed by atoms with van der Waals surface area (Å²) in [5.74, 6) is 5.26. The SMILES string of the molecule is Cc1ccc(CCC(=O)Nc2c(Cl)n(CC#Cc3ccn(Cc4cccnc4)c(=O)c3)c(=O)n(C)c2=O)cc1. The summed E-state index contributed by atoms with van der Waals surface area (Å²) in [6.07, 6.45) is 5.60. The van der Waals surface area contributed by atoms with Gasteiger partial charge >= 0.3 is 5.69 Å². The first-order chi connectivity index (χ1) is 18.7. The summed E-state index contributed by atoms with van der Waals surface area (Å²) < 4.78 is 3.49. The zero-order valence-electron chi connectivity index (χ0n) is 21.5. The van der Waals surface area contributed by atoms with E-state index in [-0.39, 0.29) is 29.4 Å². The van der Waals surface area contributed by atoms with Crippen LogP contribution in [0.3, 0.4) is 0 Å². The summed E-state index contributed by atoms with van der Waals surface area (Å²) in [7, 11) is 1.30. The van der Waals surface area contributed by atoms with E-state index in [4.69, 9.17) is 11.6 Å². The second-order valence-electron chi connectivity index (χ2n) is 8.98. The van der Waals surface area contributed by atoms with Gasteiger partial charge in [-0.2, -0.15) is 0 Å². The van der Waals surface area contributed by atoms with Crippen molar-refractivity contribution in [2.45, 2.75) is 32.9 Å². The molecule has 0 bridgehead atoms. The van der Waals surface area contributed by atoms with Crippen molar-refractivity contribution in [2.24, 2.45) is 7.05 Å². The summed E-state index contributed by atoms with van der Waals surface area (Å²) in [5.41, 5.74) is 1.64. The van der Waals surface area contributed by atoms with Gasteiger partial charge in [0.2, 0.25) is 5.91 Å². The number of carbonyl (C=O) groups excluding carboxylic acids is 1. The Morgan fingerprint density at radius 1 is 1.08 bits per heavy atom. The molecule has 0 unspecified atom stereocenters. The second kappa shape index (κ2) is 12.2. The van der Waals surface area contributed by atoms with Crippen LogP contribution in [0.5, 0.6) is 0 Å². The number of nitrogens with zero attached hydrogens (tertiary/aromatic N) is 4. The molecule has 4 rings (SSSR count). The first-order valence-electron chi connectivity index (χ1n) is 12.2. The van der Waals surface area contributed by atoms with Crippen LogP contribution in [0.1, 0.15) is 28.7 Å². The van der Waals surface area contributed by atoms with Gasteiger partial charge in [-0.05, 0) is 36.6 Å². The van der Waals surface area contributed by atoms with Crippen molar-refractivity contribution >= 4 is 23.2 Å². The Kier molecular flexibility index (Phi) is 8.59. The van der Waals surface area contributed by atoms with Gasteiger partial charge in [0, 0.05) is 43.7 Å². The number of aryl methyl sites for hydroxylation is 2. The zero-order chi connectivity index (χ0) is 27.9. The maximum absolute atomic E-state index is 12.7. The molecule has 0 atom stereocenters. The number of nitrogens with one attached hydrogen (secondary N) is 1. The van der Waals surface area contributed by atoms with Crippen molar-refractivity contribution in [3.63, 3.8) is 0 Å². The maximum atomic E-state index is 12.7. The Bertz CT molecular complexity index is 1740. The number of anilines is 1. The van der Waals surface area contributed by atoms with Gasteiger partial charge in [0.05, 0.1) is 13.1 Å². The van der Waals surface area contributed by atoms with Crippen molar-refractivity contribution in [3.05, 3.63) is 126 Å². The van der Waals surface area contributed by atoms with Crippen molar-refractivity contribution in [1.82, 2.24) is 18.7 Å². The number of benzene rings is 1. The van der Waals surface area contributed by atoms with Gasteiger partial charge in [0.15, 0.2) is 0 Å². The number of pyridine rings is 2. The summed E-state index contributed by atoms with van der Waals surface area (Å²) in [6, 6.07) is 14.6.